The summed E-state index contributed by atoms with van der Waals surface area (Å²) < 4.78 is 12.3. The molecule has 0 saturated heterocycles. The van der Waals surface area contributed by atoms with Crippen molar-refractivity contribution in [3.05, 3.63) is 54.7 Å². The van der Waals surface area contributed by atoms with Gasteiger partial charge in [0.1, 0.15) is 17.2 Å². The van der Waals surface area contributed by atoms with E-state index in [0.717, 1.165) is 46.7 Å². The van der Waals surface area contributed by atoms with Crippen molar-refractivity contribution < 1.29 is 9.47 Å². The lowest BCUT2D eigenvalue weighted by atomic mass is 9.98. The Kier molecular flexibility index (Phi) is 7.56. The molecule has 0 radical (unpaired) electrons. The zero-order chi connectivity index (χ0) is 20.5. The molecule has 0 aliphatic carbocycles. The minimum Gasteiger partial charge on any atom is -0.495 e. The quantitative estimate of drug-likeness (QED) is 0.400. The second-order valence-corrected chi connectivity index (χ2v) is 7.03. The third-order valence-electron chi connectivity index (χ3n) is 5.05. The largest absolute Gasteiger partial charge is 0.495 e. The van der Waals surface area contributed by atoms with Crippen molar-refractivity contribution in [3.63, 3.8) is 0 Å². The van der Waals surface area contributed by atoms with Gasteiger partial charge in [-0.15, -0.1) is 10.2 Å². The van der Waals surface area contributed by atoms with Crippen LogP contribution in [0.5, 0.6) is 11.5 Å². The van der Waals surface area contributed by atoms with Gasteiger partial charge < -0.3 is 9.47 Å². The third kappa shape index (κ3) is 5.11. The number of benzene rings is 2. The van der Waals surface area contributed by atoms with Crippen molar-refractivity contribution in [2.45, 2.75) is 52.1 Å². The highest BCUT2D eigenvalue weighted by Crippen LogP contribution is 2.41. The summed E-state index contributed by atoms with van der Waals surface area (Å²) in [5, 5.41) is 11.7. The van der Waals surface area contributed by atoms with Crippen LogP contribution in [0.1, 0.15) is 46.0 Å². The van der Waals surface area contributed by atoms with E-state index >= 15 is 0 Å². The standard InChI is InChI=1S/C24H29N3O2/c1-4-6-7-11-18(5-2)29-23-15-9-8-12-19(23)20-13-10-14-21(24(20)28-3)22-16-17-25-27-26-22/h8-10,12-18H,4-7,11H2,1-3H3. The van der Waals surface area contributed by atoms with Crippen LogP contribution in [0.25, 0.3) is 22.4 Å². The molecule has 0 aliphatic rings. The molecule has 0 bridgehead atoms. The molecule has 1 heterocycles. The molecule has 2 aromatic carbocycles. The van der Waals surface area contributed by atoms with Crippen LogP contribution < -0.4 is 9.47 Å². The first kappa shape index (κ1) is 20.8. The molecule has 0 saturated carbocycles. The zero-order valence-corrected chi connectivity index (χ0v) is 17.5. The van der Waals surface area contributed by atoms with Crippen LogP contribution in [0.3, 0.4) is 0 Å². The molecule has 5 heteroatoms. The number of para-hydroxylation sites is 2. The van der Waals surface area contributed by atoms with Crippen molar-refractivity contribution in [1.29, 1.82) is 0 Å². The average Bonchev–Trinajstić information content (AvgIpc) is 2.79. The number of hydrogen-bond donors (Lipinski definition) is 0. The Morgan fingerprint density at radius 3 is 2.41 bits per heavy atom. The summed E-state index contributed by atoms with van der Waals surface area (Å²) in [6.45, 7) is 4.41. The molecule has 0 fully saturated rings. The number of hydrogen-bond acceptors (Lipinski definition) is 5. The van der Waals surface area contributed by atoms with E-state index in [9.17, 15) is 0 Å². The first-order chi connectivity index (χ1) is 14.3. The molecule has 0 amide bonds. The van der Waals surface area contributed by atoms with Gasteiger partial charge in [-0.3, -0.25) is 0 Å². The van der Waals surface area contributed by atoms with Crippen LogP contribution in [-0.4, -0.2) is 28.6 Å². The number of rotatable bonds is 10. The summed E-state index contributed by atoms with van der Waals surface area (Å²) in [6.07, 6.45) is 7.55. The highest BCUT2D eigenvalue weighted by atomic mass is 16.5. The summed E-state index contributed by atoms with van der Waals surface area (Å²) in [7, 11) is 1.68. The number of methoxy groups -OCH3 is 1. The summed E-state index contributed by atoms with van der Waals surface area (Å²) >= 11 is 0. The molecule has 1 unspecified atom stereocenters. The lowest BCUT2D eigenvalue weighted by Gasteiger charge is -2.21. The lowest BCUT2D eigenvalue weighted by Crippen LogP contribution is -2.15. The SMILES string of the molecule is CCCCCC(CC)Oc1ccccc1-c1cccc(-c2ccnnn2)c1OC. The second kappa shape index (κ2) is 10.6. The Morgan fingerprint density at radius 1 is 0.897 bits per heavy atom. The molecular weight excluding hydrogens is 362 g/mol. The van der Waals surface area contributed by atoms with Gasteiger partial charge in [-0.2, -0.15) is 0 Å². The van der Waals surface area contributed by atoms with E-state index in [2.05, 4.69) is 41.4 Å². The maximum absolute atomic E-state index is 6.45. The number of aromatic nitrogens is 3. The molecular formula is C24H29N3O2. The highest BCUT2D eigenvalue weighted by Gasteiger charge is 2.18. The Hall–Kier alpha value is -2.95. The van der Waals surface area contributed by atoms with E-state index in [1.807, 2.05) is 36.4 Å². The van der Waals surface area contributed by atoms with Crippen LogP contribution in [0.15, 0.2) is 54.7 Å². The minimum atomic E-state index is 0.211. The summed E-state index contributed by atoms with van der Waals surface area (Å²) in [6, 6.07) is 16.0. The van der Waals surface area contributed by atoms with Gasteiger partial charge in [0.05, 0.1) is 19.4 Å². The van der Waals surface area contributed by atoms with Crippen molar-refractivity contribution in [1.82, 2.24) is 15.4 Å². The fourth-order valence-electron chi connectivity index (χ4n) is 3.50. The third-order valence-corrected chi connectivity index (χ3v) is 5.05. The van der Waals surface area contributed by atoms with Crippen LogP contribution in [0, 0.1) is 0 Å². The fraction of sp³-hybridized carbons (Fsp3) is 0.375. The molecule has 1 atom stereocenters. The number of ether oxygens (including phenoxy) is 2. The van der Waals surface area contributed by atoms with Gasteiger partial charge in [0.25, 0.3) is 0 Å². The van der Waals surface area contributed by atoms with Crippen LogP contribution in [0.2, 0.25) is 0 Å². The zero-order valence-electron chi connectivity index (χ0n) is 17.5. The molecule has 29 heavy (non-hydrogen) atoms. The van der Waals surface area contributed by atoms with Crippen LogP contribution in [0.4, 0.5) is 0 Å². The van der Waals surface area contributed by atoms with Gasteiger partial charge in [0.2, 0.25) is 0 Å². The average molecular weight is 392 g/mol. The molecule has 1 aromatic heterocycles. The number of unbranched alkanes of at least 4 members (excludes halogenated alkanes) is 2. The lowest BCUT2D eigenvalue weighted by molar-refractivity contribution is 0.183. The smallest absolute Gasteiger partial charge is 0.136 e. The maximum Gasteiger partial charge on any atom is 0.136 e. The molecule has 0 aliphatic heterocycles. The first-order valence-electron chi connectivity index (χ1n) is 10.4. The van der Waals surface area contributed by atoms with Crippen molar-refractivity contribution >= 4 is 0 Å². The fourth-order valence-corrected chi connectivity index (χ4v) is 3.50. The van der Waals surface area contributed by atoms with Gasteiger partial charge in [-0.25, -0.2) is 0 Å². The summed E-state index contributed by atoms with van der Waals surface area (Å²) in [5.74, 6) is 1.63. The van der Waals surface area contributed by atoms with Crippen molar-refractivity contribution in [3.8, 4) is 33.9 Å². The molecule has 152 valence electrons. The Labute approximate surface area is 173 Å². The van der Waals surface area contributed by atoms with Crippen molar-refractivity contribution in [2.24, 2.45) is 0 Å². The Balaban J connectivity index is 1.97. The van der Waals surface area contributed by atoms with Crippen LogP contribution >= 0.6 is 0 Å². The van der Waals surface area contributed by atoms with Gasteiger partial charge >= 0.3 is 0 Å². The summed E-state index contributed by atoms with van der Waals surface area (Å²) in [4.78, 5) is 0. The molecule has 0 spiro atoms. The topological polar surface area (TPSA) is 57.1 Å². The highest BCUT2D eigenvalue weighted by molar-refractivity contribution is 5.83. The maximum atomic E-state index is 6.45. The van der Waals surface area contributed by atoms with E-state index in [-0.39, 0.29) is 6.10 Å². The van der Waals surface area contributed by atoms with Gasteiger partial charge in [-0.1, -0.05) is 57.0 Å². The predicted molar refractivity (Wildman–Crippen MR) is 116 cm³/mol. The normalized spacial score (nSPS) is 11.8. The van der Waals surface area contributed by atoms with Gasteiger partial charge in [0, 0.05) is 16.7 Å². The first-order valence-corrected chi connectivity index (χ1v) is 10.4. The van der Waals surface area contributed by atoms with E-state index in [1.54, 1.807) is 13.3 Å². The van der Waals surface area contributed by atoms with Gasteiger partial charge in [-0.05, 0) is 42.7 Å². The monoisotopic (exact) mass is 391 g/mol. The van der Waals surface area contributed by atoms with Crippen LogP contribution in [-0.2, 0) is 0 Å². The molecule has 0 N–H and O–H groups in total. The predicted octanol–water partition coefficient (Wildman–Crippen LogP) is 5.95. The van der Waals surface area contributed by atoms with E-state index < -0.39 is 0 Å². The number of nitrogens with zero attached hydrogens (tertiary/aromatic N) is 3. The minimum absolute atomic E-state index is 0.211. The molecule has 3 aromatic rings. The Morgan fingerprint density at radius 2 is 1.69 bits per heavy atom. The van der Waals surface area contributed by atoms with E-state index in [4.69, 9.17) is 9.47 Å². The Bertz CT molecular complexity index is 900. The second-order valence-electron chi connectivity index (χ2n) is 7.03. The van der Waals surface area contributed by atoms with Gasteiger partial charge in [0.15, 0.2) is 0 Å². The van der Waals surface area contributed by atoms with E-state index in [1.165, 1.54) is 19.3 Å². The summed E-state index contributed by atoms with van der Waals surface area (Å²) in [5.41, 5.74) is 3.59. The van der Waals surface area contributed by atoms with Crippen molar-refractivity contribution in [2.75, 3.05) is 7.11 Å². The molecule has 5 nitrogen and oxygen atoms in total. The van der Waals surface area contributed by atoms with E-state index in [0.29, 0.717) is 0 Å². The molecule has 3 rings (SSSR count).